The van der Waals surface area contributed by atoms with Crippen LogP contribution in [-0.2, 0) is 0 Å². The molecule has 5 nitrogen and oxygen atoms in total. The molecule has 2 aromatic carbocycles. The van der Waals surface area contributed by atoms with Gasteiger partial charge in [0.25, 0.3) is 0 Å². The maximum atomic E-state index is 13.7. The average molecular weight is 290 g/mol. The molecule has 0 spiro atoms. The van der Waals surface area contributed by atoms with Gasteiger partial charge >= 0.3 is 5.97 Å². The van der Waals surface area contributed by atoms with E-state index in [2.05, 4.69) is 0 Å². The van der Waals surface area contributed by atoms with Gasteiger partial charge in [-0.25, -0.2) is 13.6 Å². The summed E-state index contributed by atoms with van der Waals surface area (Å²) in [5.74, 6) is -3.81. The average Bonchev–Trinajstić information content (AvgIpc) is 2.41. The van der Waals surface area contributed by atoms with Crippen LogP contribution in [0.2, 0.25) is 0 Å². The Bertz CT molecular complexity index is 770. The maximum Gasteiger partial charge on any atom is 0.337 e. The molecule has 0 aromatic heterocycles. The number of nitrogens with zero attached hydrogens (tertiary/aromatic N) is 1. The summed E-state index contributed by atoms with van der Waals surface area (Å²) in [5.41, 5.74) is 4.33. The van der Waals surface area contributed by atoms with Crippen LogP contribution < -0.4 is 10.5 Å². The molecule has 0 bridgehead atoms. The van der Waals surface area contributed by atoms with E-state index in [0.29, 0.717) is 0 Å². The predicted octanol–water partition coefficient (Wildman–Crippen LogP) is 2.91. The molecule has 0 heterocycles. The molecule has 0 aliphatic carbocycles. The van der Waals surface area contributed by atoms with Gasteiger partial charge in [-0.3, -0.25) is 0 Å². The maximum absolute atomic E-state index is 13.7. The Labute approximate surface area is 117 Å². The van der Waals surface area contributed by atoms with Gasteiger partial charge in [-0.15, -0.1) is 0 Å². The molecule has 7 heteroatoms. The van der Waals surface area contributed by atoms with Crippen molar-refractivity contribution >= 4 is 11.7 Å². The highest BCUT2D eigenvalue weighted by Gasteiger charge is 2.17. The van der Waals surface area contributed by atoms with Gasteiger partial charge < -0.3 is 15.6 Å². The second-order valence-electron chi connectivity index (χ2n) is 4.00. The van der Waals surface area contributed by atoms with Crippen LogP contribution in [-0.4, -0.2) is 11.1 Å². The van der Waals surface area contributed by atoms with Crippen LogP contribution in [0.4, 0.5) is 14.5 Å². The molecule has 0 aliphatic heterocycles. The number of rotatable bonds is 3. The Kier molecular flexibility index (Phi) is 3.71. The lowest BCUT2D eigenvalue weighted by Crippen LogP contribution is -2.04. The predicted molar refractivity (Wildman–Crippen MR) is 69.0 cm³/mol. The third-order valence-electron chi connectivity index (χ3n) is 2.64. The fraction of sp³-hybridized carbons (Fsp3) is 0. The zero-order valence-electron chi connectivity index (χ0n) is 10.4. The highest BCUT2D eigenvalue weighted by molar-refractivity contribution is 5.94. The summed E-state index contributed by atoms with van der Waals surface area (Å²) in [7, 11) is 0. The molecule has 106 valence electrons. The zero-order valence-corrected chi connectivity index (χ0v) is 10.4. The molecule has 21 heavy (non-hydrogen) atoms. The molecular formula is C14H8F2N2O3. The van der Waals surface area contributed by atoms with Crippen molar-refractivity contribution < 1.29 is 23.4 Å². The van der Waals surface area contributed by atoms with Crippen molar-refractivity contribution in [1.29, 1.82) is 5.26 Å². The van der Waals surface area contributed by atoms with Gasteiger partial charge in [-0.05, 0) is 12.1 Å². The SMILES string of the molecule is N#Cc1c(F)cccc1Oc1cc(C(=O)O)c(N)cc1F. The molecule has 0 atom stereocenters. The minimum atomic E-state index is -1.36. The van der Waals surface area contributed by atoms with Crippen molar-refractivity contribution in [2.45, 2.75) is 0 Å². The lowest BCUT2D eigenvalue weighted by molar-refractivity contribution is 0.0697. The number of carboxylic acid groups (broad SMARTS) is 1. The minimum absolute atomic E-state index is 0.225. The van der Waals surface area contributed by atoms with E-state index < -0.39 is 28.9 Å². The molecule has 0 unspecified atom stereocenters. The van der Waals surface area contributed by atoms with Crippen molar-refractivity contribution in [3.8, 4) is 17.6 Å². The first-order chi connectivity index (χ1) is 9.93. The van der Waals surface area contributed by atoms with E-state index in [1.807, 2.05) is 0 Å². The van der Waals surface area contributed by atoms with Crippen molar-refractivity contribution in [2.24, 2.45) is 0 Å². The number of hydrogen-bond donors (Lipinski definition) is 2. The smallest absolute Gasteiger partial charge is 0.337 e. The highest BCUT2D eigenvalue weighted by Crippen LogP contribution is 2.31. The number of nitriles is 1. The first-order valence-corrected chi connectivity index (χ1v) is 5.62. The first-order valence-electron chi connectivity index (χ1n) is 5.62. The largest absolute Gasteiger partial charge is 0.478 e. The van der Waals surface area contributed by atoms with Crippen LogP contribution >= 0.6 is 0 Å². The molecule has 0 aliphatic rings. The van der Waals surface area contributed by atoms with Crippen molar-refractivity contribution in [3.63, 3.8) is 0 Å². The Morgan fingerprint density at radius 1 is 1.24 bits per heavy atom. The summed E-state index contributed by atoms with van der Waals surface area (Å²) >= 11 is 0. The fourth-order valence-electron chi connectivity index (χ4n) is 1.65. The number of nitrogen functional groups attached to an aromatic ring is 1. The number of benzene rings is 2. The highest BCUT2D eigenvalue weighted by atomic mass is 19.1. The number of carboxylic acids is 1. The van der Waals surface area contributed by atoms with Crippen LogP contribution in [0.1, 0.15) is 15.9 Å². The molecule has 2 aromatic rings. The van der Waals surface area contributed by atoms with E-state index in [1.54, 1.807) is 6.07 Å². The Morgan fingerprint density at radius 3 is 2.57 bits per heavy atom. The molecule has 3 N–H and O–H groups in total. The van der Waals surface area contributed by atoms with Crippen LogP contribution in [0.15, 0.2) is 30.3 Å². The van der Waals surface area contributed by atoms with E-state index in [9.17, 15) is 13.6 Å². The Morgan fingerprint density at radius 2 is 1.95 bits per heavy atom. The van der Waals surface area contributed by atoms with Gasteiger partial charge in [-0.1, -0.05) is 6.07 Å². The summed E-state index contributed by atoms with van der Waals surface area (Å²) < 4.78 is 32.3. The number of nitrogens with two attached hydrogens (primary N) is 1. The third kappa shape index (κ3) is 2.74. The molecule has 0 saturated carbocycles. The first kappa shape index (κ1) is 14.3. The Hall–Kier alpha value is -3.14. The van der Waals surface area contributed by atoms with Crippen LogP contribution in [0, 0.1) is 23.0 Å². The van der Waals surface area contributed by atoms with E-state index in [0.717, 1.165) is 18.2 Å². The van der Waals surface area contributed by atoms with Crippen LogP contribution in [0.25, 0.3) is 0 Å². The van der Waals surface area contributed by atoms with Gasteiger partial charge in [0.1, 0.15) is 23.2 Å². The summed E-state index contributed by atoms with van der Waals surface area (Å²) in [4.78, 5) is 10.9. The van der Waals surface area contributed by atoms with E-state index in [4.69, 9.17) is 20.8 Å². The number of ether oxygens (including phenoxy) is 1. The second kappa shape index (κ2) is 5.46. The topological polar surface area (TPSA) is 96.3 Å². The van der Waals surface area contributed by atoms with Gasteiger partial charge in [-0.2, -0.15) is 5.26 Å². The van der Waals surface area contributed by atoms with Gasteiger partial charge in [0.2, 0.25) is 0 Å². The number of aromatic carboxylic acids is 1. The monoisotopic (exact) mass is 290 g/mol. The number of halogens is 2. The lowest BCUT2D eigenvalue weighted by Gasteiger charge is -2.10. The quantitative estimate of drug-likeness (QED) is 0.847. The molecular weight excluding hydrogens is 282 g/mol. The van der Waals surface area contributed by atoms with Crippen LogP contribution in [0.5, 0.6) is 11.5 Å². The van der Waals surface area contributed by atoms with Crippen molar-refractivity contribution in [1.82, 2.24) is 0 Å². The normalized spacial score (nSPS) is 9.95. The van der Waals surface area contributed by atoms with Gasteiger partial charge in [0.05, 0.1) is 5.56 Å². The third-order valence-corrected chi connectivity index (χ3v) is 2.64. The van der Waals surface area contributed by atoms with E-state index in [1.165, 1.54) is 12.1 Å². The minimum Gasteiger partial charge on any atom is -0.478 e. The molecule has 0 radical (unpaired) electrons. The molecule has 0 fully saturated rings. The molecule has 0 saturated heterocycles. The number of hydrogen-bond acceptors (Lipinski definition) is 4. The molecule has 0 amide bonds. The Balaban J connectivity index is 2.50. The van der Waals surface area contributed by atoms with Gasteiger partial charge in [0, 0.05) is 17.8 Å². The standard InChI is InChI=1S/C14H8F2N2O3/c15-9-2-1-3-12(8(9)6-17)21-13-4-7(14(19)20)11(18)5-10(13)16/h1-5H,18H2,(H,19,20). The van der Waals surface area contributed by atoms with Crippen LogP contribution in [0.3, 0.4) is 0 Å². The summed E-state index contributed by atoms with van der Waals surface area (Å²) in [5, 5.41) is 17.8. The zero-order chi connectivity index (χ0) is 15.6. The van der Waals surface area contributed by atoms with Crippen molar-refractivity contribution in [2.75, 3.05) is 5.73 Å². The lowest BCUT2D eigenvalue weighted by atomic mass is 10.1. The van der Waals surface area contributed by atoms with E-state index in [-0.39, 0.29) is 17.0 Å². The summed E-state index contributed by atoms with van der Waals surface area (Å²) in [6.45, 7) is 0. The summed E-state index contributed by atoms with van der Waals surface area (Å²) in [6.07, 6.45) is 0. The summed E-state index contributed by atoms with van der Waals surface area (Å²) in [6, 6.07) is 6.83. The molecule has 2 rings (SSSR count). The van der Waals surface area contributed by atoms with Crippen molar-refractivity contribution in [3.05, 3.63) is 53.1 Å². The number of carbonyl (C=O) groups is 1. The fourth-order valence-corrected chi connectivity index (χ4v) is 1.65. The second-order valence-corrected chi connectivity index (χ2v) is 4.00. The number of anilines is 1. The van der Waals surface area contributed by atoms with Gasteiger partial charge in [0.15, 0.2) is 11.6 Å². The van der Waals surface area contributed by atoms with E-state index >= 15 is 0 Å².